The molecule has 0 nitrogen and oxygen atoms in total. The minimum Gasteiger partial charge on any atom is -0.207 e. The molecular weight excluding hydrogens is 780 g/mol. The van der Waals surface area contributed by atoms with Crippen molar-refractivity contribution in [2.45, 2.75) is 12.6 Å². The fourth-order valence-electron chi connectivity index (χ4n) is 6.26. The van der Waals surface area contributed by atoms with E-state index in [1.165, 1.54) is 6.08 Å². The van der Waals surface area contributed by atoms with E-state index in [2.05, 4.69) is 6.58 Å². The molecule has 0 saturated carbocycles. The van der Waals surface area contributed by atoms with Gasteiger partial charge in [0.15, 0.2) is 75.6 Å². The highest BCUT2D eigenvalue weighted by molar-refractivity contribution is 7.01. The van der Waals surface area contributed by atoms with E-state index in [0.717, 1.165) is 24.3 Å². The lowest BCUT2D eigenvalue weighted by atomic mass is 9.14. The van der Waals surface area contributed by atoms with Gasteiger partial charge in [-0.2, -0.15) is 0 Å². The molecule has 0 bridgehead atoms. The molecule has 54 heavy (non-hydrogen) atoms. The number of hydrogen-bond acceptors (Lipinski definition) is 0. The maximum Gasteiger partial charge on any atom is 0.200 e. The van der Waals surface area contributed by atoms with Crippen LogP contribution in [0.1, 0.15) is 16.7 Å². The summed E-state index contributed by atoms with van der Waals surface area (Å²) in [6.45, 7) is 3.37. The molecule has 0 fully saturated rings. The van der Waals surface area contributed by atoms with E-state index in [-0.39, 0.29) is 5.56 Å². The van der Waals surface area contributed by atoms with Crippen molar-refractivity contribution in [1.29, 1.82) is 0 Å². The molecule has 5 aromatic rings. The third-order valence-corrected chi connectivity index (χ3v) is 8.79. The molecule has 0 amide bonds. The number of benzene rings is 5. The molecule has 0 aliphatic rings. The van der Waals surface area contributed by atoms with Crippen LogP contribution in [0.25, 0.3) is 17.2 Å². The van der Waals surface area contributed by atoms with Crippen LogP contribution in [0.5, 0.6) is 0 Å². The first-order chi connectivity index (χ1) is 25.2. The molecule has 0 heterocycles. The largest absolute Gasteiger partial charge is 0.207 e. The van der Waals surface area contributed by atoms with E-state index >= 15 is 43.9 Å². The van der Waals surface area contributed by atoms with Crippen LogP contribution in [0.15, 0.2) is 30.8 Å². The van der Waals surface area contributed by atoms with E-state index in [4.69, 9.17) is 0 Å². The van der Waals surface area contributed by atoms with Gasteiger partial charge in [0, 0.05) is 0 Å². The SMILES string of the molecule is C=Cc1ccc(-c2c(F)c(F)c([B-](Cc3c(F)c(F)c(F)c(F)c3F)(Cc3c(F)c(F)c(F)c(F)c3F)c3c(F)c(F)c(F)c(F)c3F)c(F)c2F)cc1. The molecule has 5 rings (SSSR count). The van der Waals surface area contributed by atoms with Crippen molar-refractivity contribution in [3.63, 3.8) is 0 Å². The molecule has 0 N–H and O–H groups in total. The molecule has 20 heteroatoms. The summed E-state index contributed by atoms with van der Waals surface area (Å²) in [7, 11) is 0. The first kappa shape index (κ1) is 39.8. The third kappa shape index (κ3) is 5.85. The van der Waals surface area contributed by atoms with Gasteiger partial charge in [0.1, 0.15) is 23.3 Å². The van der Waals surface area contributed by atoms with Gasteiger partial charge in [0.05, 0.1) is 11.7 Å². The van der Waals surface area contributed by atoms with E-state index in [0.29, 0.717) is 0 Å². The molecule has 0 atom stereocenters. The molecule has 0 radical (unpaired) electrons. The quantitative estimate of drug-likeness (QED) is 0.0636. The molecule has 0 aliphatic heterocycles. The summed E-state index contributed by atoms with van der Waals surface area (Å²) >= 11 is 0. The molecule has 0 aromatic heterocycles. The van der Waals surface area contributed by atoms with E-state index < -0.39 is 162 Å². The third-order valence-electron chi connectivity index (χ3n) is 8.79. The van der Waals surface area contributed by atoms with Crippen LogP contribution in [-0.2, 0) is 12.6 Å². The number of halogens is 19. The van der Waals surface area contributed by atoms with Crippen LogP contribution in [-0.4, -0.2) is 6.15 Å². The summed E-state index contributed by atoms with van der Waals surface area (Å²) in [4.78, 5) is 0. The molecule has 284 valence electrons. The molecule has 0 aliphatic carbocycles. The van der Waals surface area contributed by atoms with Crippen LogP contribution >= 0.6 is 0 Å². The normalized spacial score (nSPS) is 11.8. The minimum absolute atomic E-state index is 0.219. The average molecular weight is 791 g/mol. The zero-order chi connectivity index (χ0) is 40.5. The molecule has 0 spiro atoms. The highest BCUT2D eigenvalue weighted by Gasteiger charge is 2.46. The maximum atomic E-state index is 16.4. The topological polar surface area (TPSA) is 0 Å². The standard InChI is InChI=1S/C34H11BF19/c1-2-9-3-5-10(6-4-9)13-20(40)22(42)14(23(43)21(13)41)35(15-24(44)30(50)34(54)31(51)25(15)45,7-11-16(36)26(46)32(52)27(47)17(11)37)8-12-18(38)28(48)33(53)29(49)19(12)39/h2-6H,1,7-8H2/q-1. The molecule has 5 aromatic carbocycles. The van der Waals surface area contributed by atoms with E-state index in [9.17, 15) is 39.5 Å². The Labute approximate surface area is 288 Å². The second-order valence-corrected chi connectivity index (χ2v) is 11.6. The van der Waals surface area contributed by atoms with Gasteiger partial charge in [-0.1, -0.05) is 36.9 Å². The fourth-order valence-corrected chi connectivity index (χ4v) is 6.26. The van der Waals surface area contributed by atoms with Gasteiger partial charge in [0.2, 0.25) is 11.6 Å². The summed E-state index contributed by atoms with van der Waals surface area (Å²) in [5.41, 5.74) is -13.1. The second kappa shape index (κ2) is 14.1. The summed E-state index contributed by atoms with van der Waals surface area (Å²) in [5, 5.41) is 0. The zero-order valence-corrected chi connectivity index (χ0v) is 25.8. The molecule has 0 unspecified atom stereocenters. The minimum atomic E-state index is -5.93. The Morgan fingerprint density at radius 1 is 0.352 bits per heavy atom. The summed E-state index contributed by atoms with van der Waals surface area (Å²) in [6, 6.07) is 3.65. The predicted molar refractivity (Wildman–Crippen MR) is 153 cm³/mol. The predicted octanol–water partition coefficient (Wildman–Crippen LogP) is 9.77. The Kier molecular flexibility index (Phi) is 10.4. The van der Waals surface area contributed by atoms with Crippen LogP contribution in [0.2, 0.25) is 0 Å². The van der Waals surface area contributed by atoms with Crippen molar-refractivity contribution in [2.24, 2.45) is 0 Å². The molecule has 0 saturated heterocycles. The Hall–Kier alpha value is -5.43. The van der Waals surface area contributed by atoms with Crippen molar-refractivity contribution in [1.82, 2.24) is 0 Å². The second-order valence-electron chi connectivity index (χ2n) is 11.6. The average Bonchev–Trinajstić information content (AvgIpc) is 3.16. The van der Waals surface area contributed by atoms with Crippen molar-refractivity contribution >= 4 is 23.1 Å². The summed E-state index contributed by atoms with van der Waals surface area (Å²) in [5.74, 6) is -57.9. The van der Waals surface area contributed by atoms with Crippen molar-refractivity contribution < 1.29 is 83.4 Å². The van der Waals surface area contributed by atoms with Gasteiger partial charge in [-0.3, -0.25) is 0 Å². The maximum absolute atomic E-state index is 16.4. The molecular formula is C34H11BF19-. The Morgan fingerprint density at radius 3 is 0.907 bits per heavy atom. The van der Waals surface area contributed by atoms with Gasteiger partial charge in [-0.25, -0.2) is 83.4 Å². The lowest BCUT2D eigenvalue weighted by Gasteiger charge is -2.43. The van der Waals surface area contributed by atoms with Gasteiger partial charge in [-0.15, -0.1) is 23.6 Å². The van der Waals surface area contributed by atoms with E-state index in [1.54, 1.807) is 0 Å². The lowest BCUT2D eigenvalue weighted by Crippen LogP contribution is -2.68. The summed E-state index contributed by atoms with van der Waals surface area (Å²) in [6.07, 6.45) is -10.4. The smallest absolute Gasteiger partial charge is 0.200 e. The fraction of sp³-hybridized carbons (Fsp3) is 0.0588. The van der Waals surface area contributed by atoms with Gasteiger partial charge < -0.3 is 0 Å². The van der Waals surface area contributed by atoms with Crippen LogP contribution < -0.4 is 10.9 Å². The first-order valence-electron chi connectivity index (χ1n) is 14.5. The zero-order valence-electron chi connectivity index (χ0n) is 25.8. The lowest BCUT2D eigenvalue weighted by molar-refractivity contribution is 0.370. The Balaban J connectivity index is 2.10. The Morgan fingerprint density at radius 2 is 0.611 bits per heavy atom. The monoisotopic (exact) mass is 791 g/mol. The highest BCUT2D eigenvalue weighted by Crippen LogP contribution is 2.36. The van der Waals surface area contributed by atoms with Crippen molar-refractivity contribution in [3.8, 4) is 11.1 Å². The highest BCUT2D eigenvalue weighted by atomic mass is 19.2. The number of hydrogen-bond donors (Lipinski definition) is 0. The van der Waals surface area contributed by atoms with E-state index in [1.807, 2.05) is 0 Å². The van der Waals surface area contributed by atoms with Crippen LogP contribution in [0.4, 0.5) is 83.4 Å². The summed E-state index contributed by atoms with van der Waals surface area (Å²) < 4.78 is 287. The van der Waals surface area contributed by atoms with Crippen LogP contribution in [0, 0.1) is 111 Å². The van der Waals surface area contributed by atoms with Crippen LogP contribution in [0.3, 0.4) is 0 Å². The van der Waals surface area contributed by atoms with Gasteiger partial charge in [-0.05, 0) is 22.3 Å². The Bertz CT molecular complexity index is 2220. The van der Waals surface area contributed by atoms with Gasteiger partial charge in [0.25, 0.3) is 0 Å². The van der Waals surface area contributed by atoms with Crippen molar-refractivity contribution in [3.05, 3.63) is 158 Å². The van der Waals surface area contributed by atoms with Gasteiger partial charge >= 0.3 is 0 Å². The number of rotatable bonds is 8. The first-order valence-corrected chi connectivity index (χ1v) is 14.5. The van der Waals surface area contributed by atoms with Crippen molar-refractivity contribution in [2.75, 3.05) is 0 Å².